The molecule has 0 aliphatic heterocycles. The van der Waals surface area contributed by atoms with Gasteiger partial charge in [0.15, 0.2) is 0 Å². The molecule has 0 aliphatic carbocycles. The van der Waals surface area contributed by atoms with E-state index in [1.165, 1.54) is 24.3 Å². The summed E-state index contributed by atoms with van der Waals surface area (Å²) in [6.45, 7) is -3.09. The lowest BCUT2D eigenvalue weighted by Crippen LogP contribution is -2.26. The van der Waals surface area contributed by atoms with Crippen molar-refractivity contribution in [3.8, 4) is 5.75 Å². The molecule has 0 fully saturated rings. The van der Waals surface area contributed by atoms with Gasteiger partial charge in [-0.2, -0.15) is 22.0 Å². The molecule has 0 aromatic heterocycles. The molecule has 0 aliphatic rings. The highest BCUT2D eigenvalue weighted by Gasteiger charge is 2.32. The zero-order valence-corrected chi connectivity index (χ0v) is 15.0. The van der Waals surface area contributed by atoms with Crippen molar-refractivity contribution in [3.63, 3.8) is 0 Å². The molecule has 0 atom stereocenters. The number of halogens is 6. The summed E-state index contributed by atoms with van der Waals surface area (Å²) in [5, 5.41) is -0.344. The number of sulfonamides is 1. The molecule has 0 amide bonds. The molecule has 2 rings (SSSR count). The van der Waals surface area contributed by atoms with Crippen LogP contribution in [0.3, 0.4) is 0 Å². The number of hydrogen-bond donors (Lipinski definition) is 1. The number of hydrogen-bond acceptors (Lipinski definition) is 3. The van der Waals surface area contributed by atoms with E-state index in [9.17, 15) is 30.4 Å². The number of alkyl halides is 5. The molecule has 1 N–H and O–H groups in total. The average molecular weight is 430 g/mol. The first-order chi connectivity index (χ1) is 12.5. The molecule has 11 heteroatoms. The normalized spacial score (nSPS) is 12.4. The van der Waals surface area contributed by atoms with Crippen molar-refractivity contribution in [2.75, 3.05) is 6.54 Å². The van der Waals surface area contributed by atoms with E-state index in [0.717, 1.165) is 6.07 Å². The minimum absolute atomic E-state index is 0.0509. The van der Waals surface area contributed by atoms with Crippen LogP contribution in [0.25, 0.3) is 0 Å². The Kier molecular flexibility index (Phi) is 6.66. The molecule has 0 heterocycles. The van der Waals surface area contributed by atoms with Crippen LogP contribution in [0.4, 0.5) is 22.0 Å². The standard InChI is InChI=1S/C16H13ClF5NO3S/c17-13-6-3-11(16(20,21)22)9-14(13)27(24,25)23-8-7-10-1-4-12(5-2-10)26-15(18)19/h1-6,9,15,23H,7-8H2. The van der Waals surface area contributed by atoms with E-state index in [1.54, 1.807) is 0 Å². The minimum Gasteiger partial charge on any atom is -0.435 e. The van der Waals surface area contributed by atoms with Crippen molar-refractivity contribution in [1.82, 2.24) is 4.72 Å². The van der Waals surface area contributed by atoms with Gasteiger partial charge in [0, 0.05) is 6.54 Å². The van der Waals surface area contributed by atoms with Crippen molar-refractivity contribution in [2.24, 2.45) is 0 Å². The van der Waals surface area contributed by atoms with Crippen molar-refractivity contribution in [1.29, 1.82) is 0 Å². The third kappa shape index (κ3) is 6.05. The largest absolute Gasteiger partial charge is 0.435 e. The fraction of sp³-hybridized carbons (Fsp3) is 0.250. The topological polar surface area (TPSA) is 55.4 Å². The summed E-state index contributed by atoms with van der Waals surface area (Å²) in [6, 6.07) is 7.51. The van der Waals surface area contributed by atoms with Crippen molar-refractivity contribution in [3.05, 3.63) is 58.6 Å². The molecule has 0 saturated carbocycles. The first-order valence-electron chi connectivity index (χ1n) is 7.39. The van der Waals surface area contributed by atoms with Gasteiger partial charge in [0.2, 0.25) is 10.0 Å². The fourth-order valence-corrected chi connectivity index (χ4v) is 3.69. The zero-order chi connectivity index (χ0) is 20.2. The van der Waals surface area contributed by atoms with Crippen LogP contribution in [0, 0.1) is 0 Å². The molecule has 27 heavy (non-hydrogen) atoms. The van der Waals surface area contributed by atoms with E-state index in [2.05, 4.69) is 9.46 Å². The van der Waals surface area contributed by atoms with E-state index >= 15 is 0 Å². The molecule has 2 aromatic rings. The maximum atomic E-state index is 12.8. The Balaban J connectivity index is 2.05. The quantitative estimate of drug-likeness (QED) is 0.660. The third-order valence-corrected chi connectivity index (χ3v) is 5.34. The number of benzene rings is 2. The molecule has 0 bridgehead atoms. The highest BCUT2D eigenvalue weighted by Crippen LogP contribution is 2.33. The van der Waals surface area contributed by atoms with Crippen molar-refractivity contribution in [2.45, 2.75) is 24.1 Å². The highest BCUT2D eigenvalue weighted by molar-refractivity contribution is 7.89. The highest BCUT2D eigenvalue weighted by atomic mass is 35.5. The smallest absolute Gasteiger partial charge is 0.416 e. The lowest BCUT2D eigenvalue weighted by molar-refractivity contribution is -0.137. The Morgan fingerprint density at radius 1 is 1.07 bits per heavy atom. The van der Waals surface area contributed by atoms with Crippen LogP contribution >= 0.6 is 11.6 Å². The molecule has 0 saturated heterocycles. The molecule has 4 nitrogen and oxygen atoms in total. The van der Waals surface area contributed by atoms with Crippen LogP contribution in [0.5, 0.6) is 5.75 Å². The van der Waals surface area contributed by atoms with E-state index in [1.807, 2.05) is 0 Å². The second-order valence-electron chi connectivity index (χ2n) is 5.31. The summed E-state index contributed by atoms with van der Waals surface area (Å²) in [7, 11) is -4.27. The van der Waals surface area contributed by atoms with Gasteiger partial charge in [-0.1, -0.05) is 23.7 Å². The Hall–Kier alpha value is -1.91. The lowest BCUT2D eigenvalue weighted by atomic mass is 10.1. The van der Waals surface area contributed by atoms with E-state index in [0.29, 0.717) is 17.7 Å². The van der Waals surface area contributed by atoms with Gasteiger partial charge >= 0.3 is 12.8 Å². The number of nitrogens with one attached hydrogen (secondary N) is 1. The second kappa shape index (κ2) is 8.41. The van der Waals surface area contributed by atoms with Crippen molar-refractivity contribution < 1.29 is 35.1 Å². The number of ether oxygens (including phenoxy) is 1. The van der Waals surface area contributed by atoms with Gasteiger partial charge in [-0.3, -0.25) is 0 Å². The average Bonchev–Trinajstić information content (AvgIpc) is 2.55. The maximum absolute atomic E-state index is 12.8. The fourth-order valence-electron chi connectivity index (χ4n) is 2.13. The number of rotatable bonds is 7. The molecule has 148 valence electrons. The van der Waals surface area contributed by atoms with Crippen LogP contribution in [-0.4, -0.2) is 21.6 Å². The Morgan fingerprint density at radius 3 is 2.26 bits per heavy atom. The van der Waals surface area contributed by atoms with Gasteiger partial charge in [-0.15, -0.1) is 0 Å². The minimum atomic E-state index is -4.71. The van der Waals surface area contributed by atoms with Crippen LogP contribution in [0.2, 0.25) is 5.02 Å². The summed E-state index contributed by atoms with van der Waals surface area (Å²) >= 11 is 5.72. The molecule has 0 radical (unpaired) electrons. The van der Waals surface area contributed by atoms with Gasteiger partial charge in [-0.25, -0.2) is 13.1 Å². The Labute approximate surface area is 157 Å². The summed E-state index contributed by atoms with van der Waals surface area (Å²) < 4.78 is 93.2. The third-order valence-electron chi connectivity index (χ3n) is 3.40. The maximum Gasteiger partial charge on any atom is 0.416 e. The monoisotopic (exact) mass is 429 g/mol. The molecule has 0 unspecified atom stereocenters. The zero-order valence-electron chi connectivity index (χ0n) is 13.4. The van der Waals surface area contributed by atoms with Gasteiger partial charge in [-0.05, 0) is 42.3 Å². The first kappa shape index (κ1) is 21.4. The van der Waals surface area contributed by atoms with Crippen LogP contribution in [-0.2, 0) is 22.6 Å². The molecule has 0 spiro atoms. The van der Waals surface area contributed by atoms with Gasteiger partial charge in [0.05, 0.1) is 10.6 Å². The van der Waals surface area contributed by atoms with E-state index in [4.69, 9.17) is 11.6 Å². The van der Waals surface area contributed by atoms with Crippen molar-refractivity contribution >= 4 is 21.6 Å². The summed E-state index contributed by atoms with van der Waals surface area (Å²) in [5.74, 6) is -0.0509. The first-order valence-corrected chi connectivity index (χ1v) is 9.25. The molecule has 2 aromatic carbocycles. The second-order valence-corrected chi connectivity index (χ2v) is 7.46. The van der Waals surface area contributed by atoms with Gasteiger partial charge in [0.25, 0.3) is 0 Å². The van der Waals surface area contributed by atoms with E-state index < -0.39 is 33.3 Å². The summed E-state index contributed by atoms with van der Waals surface area (Å²) in [5.41, 5.74) is -0.531. The van der Waals surface area contributed by atoms with E-state index in [-0.39, 0.29) is 23.7 Å². The molecular formula is C16H13ClF5NO3S. The Bertz CT molecular complexity index is 886. The predicted molar refractivity (Wildman–Crippen MR) is 88.4 cm³/mol. The van der Waals surface area contributed by atoms with Crippen LogP contribution < -0.4 is 9.46 Å². The summed E-state index contributed by atoms with van der Waals surface area (Å²) in [6.07, 6.45) is -4.54. The van der Waals surface area contributed by atoms with Gasteiger partial charge in [0.1, 0.15) is 10.6 Å². The Morgan fingerprint density at radius 2 is 1.70 bits per heavy atom. The van der Waals surface area contributed by atoms with Gasteiger partial charge < -0.3 is 4.74 Å². The predicted octanol–water partition coefficient (Wildman–Crippen LogP) is 4.48. The molecular weight excluding hydrogens is 417 g/mol. The lowest BCUT2D eigenvalue weighted by Gasteiger charge is -2.12. The van der Waals surface area contributed by atoms with Crippen LogP contribution in [0.15, 0.2) is 47.4 Å². The van der Waals surface area contributed by atoms with Crippen LogP contribution in [0.1, 0.15) is 11.1 Å². The SMILES string of the molecule is O=S(=O)(NCCc1ccc(OC(F)F)cc1)c1cc(C(F)(F)F)ccc1Cl. The summed E-state index contributed by atoms with van der Waals surface area (Å²) in [4.78, 5) is -0.681.